The van der Waals surface area contributed by atoms with E-state index in [9.17, 15) is 13.2 Å². The van der Waals surface area contributed by atoms with Crippen molar-refractivity contribution in [2.75, 3.05) is 31.4 Å². The average Bonchev–Trinajstić information content (AvgIpc) is 2.83. The van der Waals surface area contributed by atoms with Gasteiger partial charge in [0, 0.05) is 28.0 Å². The smallest absolute Gasteiger partial charge is 0.261 e. The summed E-state index contributed by atoms with van der Waals surface area (Å²) in [5.41, 5.74) is 1.43. The molecule has 0 fully saturated rings. The Hall–Kier alpha value is -3.69. The van der Waals surface area contributed by atoms with Crippen LogP contribution in [0, 0.1) is 0 Å². The van der Waals surface area contributed by atoms with E-state index >= 15 is 0 Å². The molecular weight excluding hydrogens is 480 g/mol. The Kier molecular flexibility index (Phi) is 8.04. The van der Waals surface area contributed by atoms with Gasteiger partial charge in [-0.1, -0.05) is 11.6 Å². The number of rotatable bonds is 9. The van der Waals surface area contributed by atoms with E-state index < -0.39 is 15.9 Å². The highest BCUT2D eigenvalue weighted by Crippen LogP contribution is 2.40. The number of benzene rings is 3. The molecule has 2 N–H and O–H groups in total. The van der Waals surface area contributed by atoms with E-state index in [4.69, 9.17) is 25.8 Å². The van der Waals surface area contributed by atoms with Crippen LogP contribution >= 0.6 is 11.6 Å². The third-order valence-electron chi connectivity index (χ3n) is 4.68. The van der Waals surface area contributed by atoms with E-state index in [1.54, 1.807) is 42.5 Å². The third kappa shape index (κ3) is 6.00. The molecule has 178 valence electrons. The highest BCUT2D eigenvalue weighted by molar-refractivity contribution is 7.92. The predicted octanol–water partition coefficient (Wildman–Crippen LogP) is 4.82. The quantitative estimate of drug-likeness (QED) is 0.407. The maximum Gasteiger partial charge on any atom is 0.261 e. The van der Waals surface area contributed by atoms with Gasteiger partial charge < -0.3 is 19.5 Å². The molecule has 0 aliphatic carbocycles. The summed E-state index contributed by atoms with van der Waals surface area (Å²) in [4.78, 5) is 12.4. The third-order valence-corrected chi connectivity index (χ3v) is 6.33. The van der Waals surface area contributed by atoms with Crippen LogP contribution in [0.2, 0.25) is 5.02 Å². The highest BCUT2D eigenvalue weighted by Gasteiger charge is 2.15. The molecule has 0 aliphatic heterocycles. The van der Waals surface area contributed by atoms with E-state index in [2.05, 4.69) is 10.0 Å². The van der Waals surface area contributed by atoms with Gasteiger partial charge in [0.05, 0.1) is 26.2 Å². The second-order valence-electron chi connectivity index (χ2n) is 6.88. The van der Waals surface area contributed by atoms with E-state index in [0.29, 0.717) is 39.2 Å². The fraction of sp³-hybridized carbons (Fsp3) is 0.125. The lowest BCUT2D eigenvalue weighted by atomic mass is 10.1. The van der Waals surface area contributed by atoms with Crippen molar-refractivity contribution in [3.05, 3.63) is 77.3 Å². The van der Waals surface area contributed by atoms with E-state index in [1.807, 2.05) is 0 Å². The lowest BCUT2D eigenvalue weighted by molar-refractivity contribution is -0.111. The van der Waals surface area contributed by atoms with Gasteiger partial charge in [-0.25, -0.2) is 8.42 Å². The van der Waals surface area contributed by atoms with Crippen molar-refractivity contribution in [2.24, 2.45) is 0 Å². The molecule has 8 nitrogen and oxygen atoms in total. The van der Waals surface area contributed by atoms with Crippen LogP contribution in [0.25, 0.3) is 6.08 Å². The zero-order valence-corrected chi connectivity index (χ0v) is 20.2. The highest BCUT2D eigenvalue weighted by atomic mass is 35.5. The summed E-state index contributed by atoms with van der Waals surface area (Å²) in [6, 6.07) is 15.5. The first kappa shape index (κ1) is 24.9. The van der Waals surface area contributed by atoms with Crippen LogP contribution < -0.4 is 24.2 Å². The Morgan fingerprint density at radius 1 is 0.824 bits per heavy atom. The number of hydrogen-bond acceptors (Lipinski definition) is 6. The predicted molar refractivity (Wildman–Crippen MR) is 132 cm³/mol. The molecule has 34 heavy (non-hydrogen) atoms. The average molecular weight is 503 g/mol. The second kappa shape index (κ2) is 11.0. The number of carbonyl (C=O) groups is 1. The Bertz CT molecular complexity index is 1290. The molecule has 10 heteroatoms. The summed E-state index contributed by atoms with van der Waals surface area (Å²) in [5.74, 6) is 0.929. The van der Waals surface area contributed by atoms with Crippen molar-refractivity contribution in [1.29, 1.82) is 0 Å². The summed E-state index contributed by atoms with van der Waals surface area (Å²) >= 11 is 5.82. The van der Waals surface area contributed by atoms with Gasteiger partial charge in [0.15, 0.2) is 11.5 Å². The number of hydrogen-bond donors (Lipinski definition) is 2. The summed E-state index contributed by atoms with van der Waals surface area (Å²) in [7, 11) is 0.712. The maximum absolute atomic E-state index is 12.6. The van der Waals surface area contributed by atoms with Crippen molar-refractivity contribution in [3.63, 3.8) is 0 Å². The minimum atomic E-state index is -3.79. The number of nitrogens with one attached hydrogen (secondary N) is 2. The number of carbonyl (C=O) groups excluding carboxylic acids is 1. The van der Waals surface area contributed by atoms with Gasteiger partial charge in [0.2, 0.25) is 11.7 Å². The first-order valence-corrected chi connectivity index (χ1v) is 11.8. The molecule has 0 saturated carbocycles. The van der Waals surface area contributed by atoms with Crippen LogP contribution in [-0.2, 0) is 14.8 Å². The van der Waals surface area contributed by atoms with Crippen molar-refractivity contribution in [1.82, 2.24) is 0 Å². The largest absolute Gasteiger partial charge is 0.493 e. The molecule has 3 aromatic carbocycles. The van der Waals surface area contributed by atoms with Crippen LogP contribution in [0.1, 0.15) is 5.56 Å². The SMILES string of the molecule is COc1ccc(/C=C/C(=O)Nc2ccc(S(=O)(=O)Nc3ccc(Cl)cc3)cc2)c(OC)c1OC. The molecule has 0 unspecified atom stereocenters. The fourth-order valence-electron chi connectivity index (χ4n) is 3.05. The molecule has 0 saturated heterocycles. The Morgan fingerprint density at radius 2 is 1.44 bits per heavy atom. The zero-order chi connectivity index (χ0) is 24.7. The van der Waals surface area contributed by atoms with Gasteiger partial charge in [-0.3, -0.25) is 9.52 Å². The topological polar surface area (TPSA) is 103 Å². The lowest BCUT2D eigenvalue weighted by Crippen LogP contribution is -2.13. The number of anilines is 2. The number of ether oxygens (including phenoxy) is 3. The summed E-state index contributed by atoms with van der Waals surface area (Å²) in [6.07, 6.45) is 2.90. The van der Waals surface area contributed by atoms with Gasteiger partial charge in [-0.15, -0.1) is 0 Å². The molecule has 0 radical (unpaired) electrons. The minimum absolute atomic E-state index is 0.0473. The fourth-order valence-corrected chi connectivity index (χ4v) is 4.24. The van der Waals surface area contributed by atoms with Gasteiger partial charge in [0.25, 0.3) is 10.0 Å². The number of amides is 1. The van der Waals surface area contributed by atoms with Gasteiger partial charge in [-0.05, 0) is 66.7 Å². The number of halogens is 1. The molecular formula is C24H23ClN2O6S. The Morgan fingerprint density at radius 3 is 2.03 bits per heavy atom. The zero-order valence-electron chi connectivity index (χ0n) is 18.7. The first-order chi connectivity index (χ1) is 16.3. The molecule has 3 rings (SSSR count). The number of sulfonamides is 1. The minimum Gasteiger partial charge on any atom is -0.493 e. The van der Waals surface area contributed by atoms with Crippen LogP contribution in [0.15, 0.2) is 71.6 Å². The van der Waals surface area contributed by atoms with Crippen LogP contribution in [-0.4, -0.2) is 35.7 Å². The van der Waals surface area contributed by atoms with Crippen molar-refractivity contribution < 1.29 is 27.4 Å². The normalized spacial score (nSPS) is 11.2. The van der Waals surface area contributed by atoms with Crippen molar-refractivity contribution in [3.8, 4) is 17.2 Å². The number of methoxy groups -OCH3 is 3. The Balaban J connectivity index is 1.69. The second-order valence-corrected chi connectivity index (χ2v) is 9.00. The summed E-state index contributed by atoms with van der Waals surface area (Å²) in [6.45, 7) is 0. The van der Waals surface area contributed by atoms with E-state index in [-0.39, 0.29) is 4.90 Å². The molecule has 0 aromatic heterocycles. The van der Waals surface area contributed by atoms with Gasteiger partial charge in [0.1, 0.15) is 0 Å². The Labute approximate surface area is 203 Å². The molecule has 0 atom stereocenters. The van der Waals surface area contributed by atoms with Crippen molar-refractivity contribution in [2.45, 2.75) is 4.90 Å². The molecule has 1 amide bonds. The maximum atomic E-state index is 12.6. The standard InChI is InChI=1S/C24H23ClN2O6S/c1-31-21-14-4-16(23(32-2)24(21)33-3)5-15-22(28)26-18-10-12-20(13-11-18)34(29,30)27-19-8-6-17(25)7-9-19/h4-15,27H,1-3H3,(H,26,28)/b15-5+. The van der Waals surface area contributed by atoms with Crippen LogP contribution in [0.4, 0.5) is 11.4 Å². The lowest BCUT2D eigenvalue weighted by Gasteiger charge is -2.14. The summed E-state index contributed by atoms with van der Waals surface area (Å²) < 4.78 is 43.6. The van der Waals surface area contributed by atoms with Crippen LogP contribution in [0.3, 0.4) is 0 Å². The molecule has 0 aliphatic rings. The van der Waals surface area contributed by atoms with Gasteiger partial charge >= 0.3 is 0 Å². The first-order valence-electron chi connectivity index (χ1n) is 9.94. The molecule has 0 heterocycles. The molecule has 0 spiro atoms. The van der Waals surface area contributed by atoms with Crippen molar-refractivity contribution >= 4 is 45.0 Å². The molecule has 0 bridgehead atoms. The van der Waals surface area contributed by atoms with Crippen LogP contribution in [0.5, 0.6) is 17.2 Å². The monoisotopic (exact) mass is 502 g/mol. The summed E-state index contributed by atoms with van der Waals surface area (Å²) in [5, 5.41) is 3.18. The molecule has 3 aromatic rings. The van der Waals surface area contributed by atoms with Gasteiger partial charge in [-0.2, -0.15) is 0 Å². The van der Waals surface area contributed by atoms with E-state index in [1.165, 1.54) is 51.7 Å². The van der Waals surface area contributed by atoms with E-state index in [0.717, 1.165) is 0 Å².